The number of carbonyl (C=O) groups is 1. The first-order chi connectivity index (χ1) is 12.0. The minimum Gasteiger partial charge on any atom is -0.485 e. The third-order valence-electron chi connectivity index (χ3n) is 4.36. The van der Waals surface area contributed by atoms with Gasteiger partial charge in [0.15, 0.2) is 12.4 Å². The van der Waals surface area contributed by atoms with Crippen LogP contribution in [0.15, 0.2) is 51.7 Å². The van der Waals surface area contributed by atoms with E-state index in [0.29, 0.717) is 28.9 Å². The molecular formula is C21H20O4. The van der Waals surface area contributed by atoms with Crippen LogP contribution < -0.4 is 10.4 Å². The number of rotatable bonds is 5. The van der Waals surface area contributed by atoms with Crippen molar-refractivity contribution in [3.05, 3.63) is 75.1 Å². The van der Waals surface area contributed by atoms with E-state index in [1.807, 2.05) is 39.0 Å². The zero-order chi connectivity index (χ0) is 18.0. The van der Waals surface area contributed by atoms with Gasteiger partial charge in [-0.05, 0) is 38.0 Å². The first-order valence-electron chi connectivity index (χ1n) is 8.28. The molecule has 128 valence electrons. The van der Waals surface area contributed by atoms with Gasteiger partial charge in [-0.15, -0.1) is 0 Å². The maximum atomic E-state index is 12.2. The van der Waals surface area contributed by atoms with Crippen LogP contribution in [0.5, 0.6) is 5.75 Å². The molecule has 0 amide bonds. The van der Waals surface area contributed by atoms with Crippen LogP contribution >= 0.6 is 0 Å². The van der Waals surface area contributed by atoms with Crippen molar-refractivity contribution < 1.29 is 13.9 Å². The van der Waals surface area contributed by atoms with Gasteiger partial charge in [0.2, 0.25) is 0 Å². The fraction of sp³-hybridized carbons (Fsp3) is 0.238. The monoisotopic (exact) mass is 336 g/mol. The lowest BCUT2D eigenvalue weighted by Crippen LogP contribution is -2.12. The first kappa shape index (κ1) is 17.0. The minimum atomic E-state index is -0.319. The number of hydrogen-bond acceptors (Lipinski definition) is 4. The largest absolute Gasteiger partial charge is 0.485 e. The highest BCUT2D eigenvalue weighted by molar-refractivity contribution is 5.97. The molecule has 0 bridgehead atoms. The number of hydrogen-bond donors (Lipinski definition) is 0. The summed E-state index contributed by atoms with van der Waals surface area (Å²) in [4.78, 5) is 24.2. The Morgan fingerprint density at radius 2 is 1.80 bits per heavy atom. The molecule has 25 heavy (non-hydrogen) atoms. The molecule has 0 radical (unpaired) electrons. The third kappa shape index (κ3) is 3.48. The van der Waals surface area contributed by atoms with Gasteiger partial charge in [-0.2, -0.15) is 0 Å². The van der Waals surface area contributed by atoms with Gasteiger partial charge in [-0.1, -0.05) is 36.8 Å². The van der Waals surface area contributed by atoms with Crippen molar-refractivity contribution >= 4 is 16.8 Å². The van der Waals surface area contributed by atoms with E-state index in [-0.39, 0.29) is 18.0 Å². The van der Waals surface area contributed by atoms with E-state index in [1.54, 1.807) is 24.3 Å². The van der Waals surface area contributed by atoms with Crippen molar-refractivity contribution in [2.75, 3.05) is 6.61 Å². The average Bonchev–Trinajstić information content (AvgIpc) is 2.60. The Labute approximate surface area is 146 Å². The molecule has 2 aromatic carbocycles. The van der Waals surface area contributed by atoms with E-state index in [2.05, 4.69) is 0 Å². The lowest BCUT2D eigenvalue weighted by molar-refractivity contribution is 0.0921. The maximum Gasteiger partial charge on any atom is 0.339 e. The van der Waals surface area contributed by atoms with Gasteiger partial charge >= 0.3 is 5.63 Å². The van der Waals surface area contributed by atoms with Crippen LogP contribution in [0.4, 0.5) is 0 Å². The molecule has 3 aromatic rings. The van der Waals surface area contributed by atoms with Crippen molar-refractivity contribution in [1.82, 2.24) is 0 Å². The Morgan fingerprint density at radius 1 is 1.08 bits per heavy atom. The Morgan fingerprint density at radius 3 is 2.48 bits per heavy atom. The Bertz CT molecular complexity index is 981. The number of fused-ring (bicyclic) bond motifs is 1. The number of Topliss-reactive ketones (excluding diaryl/α,β-unsaturated/α-hetero) is 1. The summed E-state index contributed by atoms with van der Waals surface area (Å²) in [6.45, 7) is 5.75. The topological polar surface area (TPSA) is 56.5 Å². The van der Waals surface area contributed by atoms with Gasteiger partial charge in [0.05, 0.1) is 0 Å². The number of benzene rings is 2. The standard InChI is InChI=1S/C21H20O4/c1-4-17-14(3)18-10-9-16(11-20(18)25-21(17)23)24-12-19(22)15-7-5-13(2)6-8-15/h5-11H,4,12H2,1-3H3. The molecule has 0 aliphatic heterocycles. The van der Waals surface area contributed by atoms with E-state index in [0.717, 1.165) is 16.5 Å². The highest BCUT2D eigenvalue weighted by Gasteiger charge is 2.11. The Balaban J connectivity index is 1.81. The molecule has 0 spiro atoms. The maximum absolute atomic E-state index is 12.2. The van der Waals surface area contributed by atoms with Crippen LogP contribution in [0.25, 0.3) is 11.0 Å². The fourth-order valence-corrected chi connectivity index (χ4v) is 2.84. The first-order valence-corrected chi connectivity index (χ1v) is 8.28. The predicted molar refractivity (Wildman–Crippen MR) is 97.6 cm³/mol. The quantitative estimate of drug-likeness (QED) is 0.517. The van der Waals surface area contributed by atoms with Crippen LogP contribution in [-0.2, 0) is 6.42 Å². The number of ether oxygens (including phenoxy) is 1. The van der Waals surface area contributed by atoms with Crippen LogP contribution in [0.2, 0.25) is 0 Å². The van der Waals surface area contributed by atoms with Crippen molar-refractivity contribution in [1.29, 1.82) is 0 Å². The molecule has 0 aliphatic carbocycles. The van der Waals surface area contributed by atoms with E-state index in [9.17, 15) is 9.59 Å². The van der Waals surface area contributed by atoms with Crippen LogP contribution in [-0.4, -0.2) is 12.4 Å². The highest BCUT2D eigenvalue weighted by atomic mass is 16.5. The van der Waals surface area contributed by atoms with Gasteiger partial charge in [0.25, 0.3) is 0 Å². The number of carbonyl (C=O) groups excluding carboxylic acids is 1. The van der Waals surface area contributed by atoms with Gasteiger partial charge < -0.3 is 9.15 Å². The summed E-state index contributed by atoms with van der Waals surface area (Å²) in [7, 11) is 0. The molecule has 0 atom stereocenters. The summed E-state index contributed by atoms with van der Waals surface area (Å²) in [5.74, 6) is 0.402. The lowest BCUT2D eigenvalue weighted by atomic mass is 10.0. The van der Waals surface area contributed by atoms with Crippen molar-refractivity contribution in [3.8, 4) is 5.75 Å². The molecule has 3 rings (SSSR count). The molecule has 1 heterocycles. The number of ketones is 1. The highest BCUT2D eigenvalue weighted by Crippen LogP contribution is 2.24. The van der Waals surface area contributed by atoms with Gasteiger partial charge in [-0.25, -0.2) is 4.79 Å². The molecule has 1 aromatic heterocycles. The molecule has 0 unspecified atom stereocenters. The van der Waals surface area contributed by atoms with Gasteiger partial charge in [0.1, 0.15) is 11.3 Å². The van der Waals surface area contributed by atoms with Crippen molar-refractivity contribution in [3.63, 3.8) is 0 Å². The van der Waals surface area contributed by atoms with E-state index < -0.39 is 0 Å². The van der Waals surface area contributed by atoms with E-state index in [4.69, 9.17) is 9.15 Å². The fourth-order valence-electron chi connectivity index (χ4n) is 2.84. The zero-order valence-electron chi connectivity index (χ0n) is 14.6. The van der Waals surface area contributed by atoms with Crippen LogP contribution in [0.3, 0.4) is 0 Å². The second-order valence-corrected chi connectivity index (χ2v) is 6.08. The summed E-state index contributed by atoms with van der Waals surface area (Å²) in [5.41, 5.74) is 3.48. The molecule has 0 saturated carbocycles. The third-order valence-corrected chi connectivity index (χ3v) is 4.36. The Kier molecular flexibility index (Phi) is 4.70. The van der Waals surface area contributed by atoms with Gasteiger partial charge in [0, 0.05) is 22.6 Å². The second-order valence-electron chi connectivity index (χ2n) is 6.08. The summed E-state index contributed by atoms with van der Waals surface area (Å²) in [6, 6.07) is 12.7. The average molecular weight is 336 g/mol. The molecule has 0 aliphatic rings. The predicted octanol–water partition coefficient (Wildman–Crippen LogP) is 4.23. The summed E-state index contributed by atoms with van der Waals surface area (Å²) < 4.78 is 11.0. The lowest BCUT2D eigenvalue weighted by Gasteiger charge is -2.09. The van der Waals surface area contributed by atoms with E-state index >= 15 is 0 Å². The van der Waals surface area contributed by atoms with E-state index in [1.165, 1.54) is 0 Å². The molecule has 4 nitrogen and oxygen atoms in total. The summed E-state index contributed by atoms with van der Waals surface area (Å²) in [5, 5.41) is 0.883. The van der Waals surface area contributed by atoms with Gasteiger partial charge in [-0.3, -0.25) is 4.79 Å². The smallest absolute Gasteiger partial charge is 0.339 e. The molecule has 0 fully saturated rings. The van der Waals surface area contributed by atoms with Crippen molar-refractivity contribution in [2.24, 2.45) is 0 Å². The summed E-state index contributed by atoms with van der Waals surface area (Å²) >= 11 is 0. The number of aryl methyl sites for hydroxylation is 2. The van der Waals surface area contributed by atoms with Crippen LogP contribution in [0.1, 0.15) is 34.0 Å². The summed E-state index contributed by atoms with van der Waals surface area (Å²) in [6.07, 6.45) is 0.632. The SMILES string of the molecule is CCc1c(C)c2ccc(OCC(=O)c3ccc(C)cc3)cc2oc1=O. The van der Waals surface area contributed by atoms with Crippen LogP contribution in [0, 0.1) is 13.8 Å². The molecular weight excluding hydrogens is 316 g/mol. The Hall–Kier alpha value is -2.88. The molecule has 0 saturated heterocycles. The second kappa shape index (κ2) is 6.93. The normalized spacial score (nSPS) is 10.8. The molecule has 4 heteroatoms. The molecule has 0 N–H and O–H groups in total. The minimum absolute atomic E-state index is 0.0647. The zero-order valence-corrected chi connectivity index (χ0v) is 14.6. The van der Waals surface area contributed by atoms with Crippen molar-refractivity contribution in [2.45, 2.75) is 27.2 Å².